The number of nitro groups is 1. The summed E-state index contributed by atoms with van der Waals surface area (Å²) in [6.45, 7) is 4.72. The fraction of sp³-hybridized carbons (Fsp3) is 0.304. The van der Waals surface area contributed by atoms with Crippen LogP contribution in [0.25, 0.3) is 0 Å². The summed E-state index contributed by atoms with van der Waals surface area (Å²) in [5, 5.41) is 12.8. The molecule has 2 atom stereocenters. The molecular weight excluding hydrogens is 479 g/mol. The number of rotatable bonds is 8. The Bertz CT molecular complexity index is 1210. The van der Waals surface area contributed by atoms with Crippen LogP contribution < -0.4 is 9.62 Å². The highest BCUT2D eigenvalue weighted by atomic mass is 32.2. The smallest absolute Gasteiger partial charge is 0.269 e. The van der Waals surface area contributed by atoms with E-state index in [1.165, 1.54) is 36.4 Å². The van der Waals surface area contributed by atoms with E-state index < -0.39 is 21.0 Å². The molecule has 1 fully saturated rings. The first-order valence-electron chi connectivity index (χ1n) is 10.8. The molecule has 0 spiro atoms. The zero-order chi connectivity index (χ0) is 24.3. The Balaban J connectivity index is 1.49. The molecule has 2 heterocycles. The molecule has 2 aromatic carbocycles. The average molecular weight is 505 g/mol. The first kappa shape index (κ1) is 24.3. The number of hydrogen-bond acceptors (Lipinski definition) is 7. The summed E-state index contributed by atoms with van der Waals surface area (Å²) in [6, 6.07) is 14.6. The van der Waals surface area contributed by atoms with E-state index in [4.69, 9.17) is 0 Å². The second kappa shape index (κ2) is 10.2. The number of piperazine rings is 1. The Labute approximate surface area is 201 Å². The standard InChI is InChI=1S/C23H25FN4O4S2/c1-17(25-34(31,32)21-10-8-20(9-11-21)28(29)30)23(22-3-2-16-33-22)27-14-12-26(13-15-27)19-6-4-18(24)5-7-19/h2-11,16-17,23,25H,12-15H2,1H3/t17-,23+/m0/s1. The van der Waals surface area contributed by atoms with Crippen LogP contribution in [0.1, 0.15) is 17.8 Å². The van der Waals surface area contributed by atoms with Crippen molar-refractivity contribution in [3.8, 4) is 0 Å². The number of nitrogens with one attached hydrogen (secondary N) is 1. The summed E-state index contributed by atoms with van der Waals surface area (Å²) in [6.07, 6.45) is 0. The molecule has 1 N–H and O–H groups in total. The summed E-state index contributed by atoms with van der Waals surface area (Å²) in [5.74, 6) is -0.269. The molecule has 1 aliphatic heterocycles. The first-order valence-corrected chi connectivity index (χ1v) is 13.2. The lowest BCUT2D eigenvalue weighted by atomic mass is 10.1. The Morgan fingerprint density at radius 3 is 2.24 bits per heavy atom. The molecule has 0 bridgehead atoms. The van der Waals surface area contributed by atoms with Crippen LogP contribution in [0, 0.1) is 15.9 Å². The molecule has 11 heteroatoms. The van der Waals surface area contributed by atoms with Crippen molar-refractivity contribution in [3.63, 3.8) is 0 Å². The van der Waals surface area contributed by atoms with Crippen molar-refractivity contribution in [3.05, 3.63) is 86.9 Å². The number of hydrogen-bond donors (Lipinski definition) is 1. The summed E-state index contributed by atoms with van der Waals surface area (Å²) in [7, 11) is -3.88. The third kappa shape index (κ3) is 5.44. The van der Waals surface area contributed by atoms with Gasteiger partial charge < -0.3 is 4.90 Å². The van der Waals surface area contributed by atoms with Crippen molar-refractivity contribution in [2.24, 2.45) is 0 Å². The summed E-state index contributed by atoms with van der Waals surface area (Å²) >= 11 is 1.57. The van der Waals surface area contributed by atoms with E-state index in [0.717, 1.165) is 23.7 Å². The van der Waals surface area contributed by atoms with Crippen molar-refractivity contribution < 1.29 is 17.7 Å². The number of thiophene rings is 1. The largest absolute Gasteiger partial charge is 0.369 e. The molecule has 1 saturated heterocycles. The molecule has 34 heavy (non-hydrogen) atoms. The van der Waals surface area contributed by atoms with Gasteiger partial charge in [0.25, 0.3) is 5.69 Å². The maximum absolute atomic E-state index is 13.3. The molecule has 4 rings (SSSR count). The van der Waals surface area contributed by atoms with E-state index in [1.807, 2.05) is 24.4 Å². The van der Waals surface area contributed by atoms with E-state index in [0.29, 0.717) is 13.1 Å². The molecule has 0 amide bonds. The SMILES string of the molecule is C[C@H](NS(=O)(=O)c1ccc([N+](=O)[O-])cc1)[C@H](c1cccs1)N1CCN(c2ccc(F)cc2)CC1. The topological polar surface area (TPSA) is 95.8 Å². The van der Waals surface area contributed by atoms with Crippen molar-refractivity contribution in [2.45, 2.75) is 23.9 Å². The predicted octanol–water partition coefficient (Wildman–Crippen LogP) is 4.03. The maximum Gasteiger partial charge on any atom is 0.269 e. The van der Waals surface area contributed by atoms with Gasteiger partial charge in [-0.25, -0.2) is 17.5 Å². The van der Waals surface area contributed by atoms with Crippen LogP contribution in [0.15, 0.2) is 70.9 Å². The minimum atomic E-state index is -3.88. The molecule has 0 saturated carbocycles. The van der Waals surface area contributed by atoms with Gasteiger partial charge in [-0.1, -0.05) is 6.07 Å². The summed E-state index contributed by atoms with van der Waals surface area (Å²) < 4.78 is 42.1. The number of non-ortho nitro benzene ring substituents is 1. The number of nitrogens with zero attached hydrogens (tertiary/aromatic N) is 3. The van der Waals surface area contributed by atoms with Crippen LogP contribution in [-0.2, 0) is 10.0 Å². The Kier molecular flexibility index (Phi) is 7.27. The zero-order valence-corrected chi connectivity index (χ0v) is 20.1. The van der Waals surface area contributed by atoms with E-state index >= 15 is 0 Å². The molecule has 1 aliphatic rings. The average Bonchev–Trinajstić information content (AvgIpc) is 3.34. The van der Waals surface area contributed by atoms with Gasteiger partial charge in [-0.2, -0.15) is 0 Å². The monoisotopic (exact) mass is 504 g/mol. The van der Waals surface area contributed by atoms with Crippen LogP contribution >= 0.6 is 11.3 Å². The van der Waals surface area contributed by atoms with E-state index in [9.17, 15) is 22.9 Å². The Morgan fingerprint density at radius 1 is 1.03 bits per heavy atom. The predicted molar refractivity (Wildman–Crippen MR) is 130 cm³/mol. The third-order valence-corrected chi connectivity index (χ3v) is 8.42. The van der Waals surface area contributed by atoms with Gasteiger partial charge in [0, 0.05) is 54.9 Å². The van der Waals surface area contributed by atoms with Crippen molar-refractivity contribution in [1.82, 2.24) is 9.62 Å². The quantitative estimate of drug-likeness (QED) is 0.368. The van der Waals surface area contributed by atoms with Gasteiger partial charge in [0.15, 0.2) is 0 Å². The lowest BCUT2D eigenvalue weighted by Gasteiger charge is -2.42. The van der Waals surface area contributed by atoms with Crippen LogP contribution in [0.4, 0.5) is 15.8 Å². The molecule has 0 aliphatic carbocycles. The van der Waals surface area contributed by atoms with E-state index in [2.05, 4.69) is 14.5 Å². The van der Waals surface area contributed by atoms with Crippen molar-refractivity contribution >= 4 is 32.7 Å². The highest BCUT2D eigenvalue weighted by molar-refractivity contribution is 7.89. The second-order valence-corrected chi connectivity index (χ2v) is 10.8. The number of benzene rings is 2. The minimum Gasteiger partial charge on any atom is -0.369 e. The highest BCUT2D eigenvalue weighted by Crippen LogP contribution is 2.31. The number of sulfonamides is 1. The lowest BCUT2D eigenvalue weighted by molar-refractivity contribution is -0.384. The molecule has 3 aromatic rings. The highest BCUT2D eigenvalue weighted by Gasteiger charge is 2.32. The molecule has 0 radical (unpaired) electrons. The molecule has 0 unspecified atom stereocenters. The van der Waals surface area contributed by atoms with Crippen LogP contribution in [-0.4, -0.2) is 50.5 Å². The van der Waals surface area contributed by atoms with Gasteiger partial charge in [0.1, 0.15) is 5.82 Å². The Morgan fingerprint density at radius 2 is 1.68 bits per heavy atom. The van der Waals surface area contributed by atoms with Gasteiger partial charge in [-0.05, 0) is 54.8 Å². The number of anilines is 1. The minimum absolute atomic E-state index is 0.0176. The fourth-order valence-corrected chi connectivity index (χ4v) is 6.45. The molecular formula is C23H25FN4O4S2. The lowest BCUT2D eigenvalue weighted by Crippen LogP contribution is -2.52. The van der Waals surface area contributed by atoms with Crippen molar-refractivity contribution in [2.75, 3.05) is 31.1 Å². The summed E-state index contributed by atoms with van der Waals surface area (Å²) in [5.41, 5.74) is 0.795. The van der Waals surface area contributed by atoms with E-state index in [1.54, 1.807) is 23.5 Å². The zero-order valence-electron chi connectivity index (χ0n) is 18.5. The van der Waals surface area contributed by atoms with Gasteiger partial charge >= 0.3 is 0 Å². The molecule has 8 nitrogen and oxygen atoms in total. The van der Waals surface area contributed by atoms with Crippen molar-refractivity contribution in [1.29, 1.82) is 0 Å². The third-order valence-electron chi connectivity index (χ3n) is 5.91. The van der Waals surface area contributed by atoms with Crippen LogP contribution in [0.3, 0.4) is 0 Å². The number of halogens is 1. The second-order valence-electron chi connectivity index (χ2n) is 8.12. The molecule has 1 aromatic heterocycles. The van der Waals surface area contributed by atoms with Crippen LogP contribution in [0.5, 0.6) is 0 Å². The van der Waals surface area contributed by atoms with Gasteiger partial charge in [-0.3, -0.25) is 15.0 Å². The van der Waals surface area contributed by atoms with Gasteiger partial charge in [-0.15, -0.1) is 11.3 Å². The van der Waals surface area contributed by atoms with E-state index in [-0.39, 0.29) is 22.4 Å². The van der Waals surface area contributed by atoms with Gasteiger partial charge in [0.05, 0.1) is 15.9 Å². The van der Waals surface area contributed by atoms with Gasteiger partial charge in [0.2, 0.25) is 10.0 Å². The van der Waals surface area contributed by atoms with Crippen LogP contribution in [0.2, 0.25) is 0 Å². The maximum atomic E-state index is 13.3. The summed E-state index contributed by atoms with van der Waals surface area (Å²) in [4.78, 5) is 15.8. The first-order chi connectivity index (χ1) is 16.2. The molecule has 180 valence electrons. The Hall–Kier alpha value is -2.86. The normalized spacial score (nSPS) is 16.8. The fourth-order valence-electron chi connectivity index (χ4n) is 4.24. The number of nitro benzene ring substituents is 1.